The smallest absolute Gasteiger partial charge is 0.221 e. The van der Waals surface area contributed by atoms with Crippen molar-refractivity contribution in [1.82, 2.24) is 9.97 Å². The van der Waals surface area contributed by atoms with Gasteiger partial charge in [0.15, 0.2) is 0 Å². The Morgan fingerprint density at radius 1 is 1.35 bits per heavy atom. The number of ether oxygens (including phenoxy) is 1. The van der Waals surface area contributed by atoms with Gasteiger partial charge in [0.2, 0.25) is 5.88 Å². The summed E-state index contributed by atoms with van der Waals surface area (Å²) in [7, 11) is 1.62. The van der Waals surface area contributed by atoms with Crippen LogP contribution in [0.2, 0.25) is 0 Å². The number of rotatable bonds is 3. The van der Waals surface area contributed by atoms with Crippen molar-refractivity contribution in [3.8, 4) is 5.88 Å². The van der Waals surface area contributed by atoms with Gasteiger partial charge in [0.05, 0.1) is 12.7 Å². The zero-order valence-corrected chi connectivity index (χ0v) is 10.4. The van der Waals surface area contributed by atoms with E-state index < -0.39 is 0 Å². The predicted molar refractivity (Wildman–Crippen MR) is 67.2 cm³/mol. The Morgan fingerprint density at radius 3 is 2.82 bits per heavy atom. The third-order valence-corrected chi connectivity index (χ3v) is 3.37. The molecule has 1 aromatic heterocycles. The Hall–Kier alpha value is -1.36. The van der Waals surface area contributed by atoms with Gasteiger partial charge in [0.25, 0.3) is 0 Å². The second-order valence-corrected chi connectivity index (χ2v) is 4.56. The summed E-state index contributed by atoms with van der Waals surface area (Å²) in [6.45, 7) is 1.95. The van der Waals surface area contributed by atoms with Crippen molar-refractivity contribution in [2.45, 2.75) is 44.7 Å². The first-order valence-corrected chi connectivity index (χ1v) is 6.10. The summed E-state index contributed by atoms with van der Waals surface area (Å²) >= 11 is 0. The molecule has 2 atom stereocenters. The summed E-state index contributed by atoms with van der Waals surface area (Å²) < 4.78 is 5.18. The summed E-state index contributed by atoms with van der Waals surface area (Å²) in [5.41, 5.74) is 7.05. The summed E-state index contributed by atoms with van der Waals surface area (Å²) in [6, 6.07) is 0.520. The summed E-state index contributed by atoms with van der Waals surface area (Å²) in [5, 5.41) is 3.42. The number of aromatic nitrogens is 2. The molecule has 17 heavy (non-hydrogen) atoms. The molecule has 2 rings (SSSR count). The molecule has 94 valence electrons. The van der Waals surface area contributed by atoms with E-state index in [-0.39, 0.29) is 6.04 Å². The molecular formula is C12H20N4O. The molecule has 1 heterocycles. The highest BCUT2D eigenvalue weighted by Gasteiger charge is 2.22. The summed E-state index contributed by atoms with van der Waals surface area (Å²) in [4.78, 5) is 8.32. The van der Waals surface area contributed by atoms with Crippen molar-refractivity contribution in [2.75, 3.05) is 12.4 Å². The first-order valence-electron chi connectivity index (χ1n) is 6.10. The Bertz CT molecular complexity index is 383. The molecule has 1 aromatic rings. The van der Waals surface area contributed by atoms with Crippen LogP contribution in [0.4, 0.5) is 5.82 Å². The van der Waals surface area contributed by atoms with Crippen LogP contribution in [0, 0.1) is 6.92 Å². The van der Waals surface area contributed by atoms with Crippen LogP contribution in [0.5, 0.6) is 5.88 Å². The summed E-state index contributed by atoms with van der Waals surface area (Å²) in [5.74, 6) is 1.45. The van der Waals surface area contributed by atoms with Crippen molar-refractivity contribution in [3.05, 3.63) is 11.9 Å². The third kappa shape index (κ3) is 2.66. The van der Waals surface area contributed by atoms with E-state index in [0.717, 1.165) is 24.2 Å². The van der Waals surface area contributed by atoms with E-state index in [4.69, 9.17) is 10.5 Å². The molecular weight excluding hydrogens is 216 g/mol. The molecule has 0 saturated heterocycles. The highest BCUT2D eigenvalue weighted by atomic mass is 16.5. The highest BCUT2D eigenvalue weighted by Crippen LogP contribution is 2.24. The fourth-order valence-electron chi connectivity index (χ4n) is 2.30. The quantitative estimate of drug-likeness (QED) is 0.831. The van der Waals surface area contributed by atoms with Crippen LogP contribution in [0.1, 0.15) is 31.2 Å². The van der Waals surface area contributed by atoms with Gasteiger partial charge in [0.1, 0.15) is 12.1 Å². The van der Waals surface area contributed by atoms with Crippen molar-refractivity contribution >= 4 is 5.82 Å². The minimum Gasteiger partial charge on any atom is -0.481 e. The van der Waals surface area contributed by atoms with Crippen LogP contribution in [0.15, 0.2) is 6.33 Å². The zero-order valence-electron chi connectivity index (χ0n) is 10.4. The first kappa shape index (κ1) is 12.1. The Labute approximate surface area is 102 Å². The SMILES string of the molecule is COc1ncnc(N[C@@H]2CCCC[C@H]2N)c1C. The molecule has 0 unspecified atom stereocenters. The third-order valence-electron chi connectivity index (χ3n) is 3.37. The van der Waals surface area contributed by atoms with E-state index >= 15 is 0 Å². The lowest BCUT2D eigenvalue weighted by molar-refractivity contribution is 0.390. The minimum atomic E-state index is 0.212. The number of hydrogen-bond acceptors (Lipinski definition) is 5. The van der Waals surface area contributed by atoms with E-state index in [1.54, 1.807) is 7.11 Å². The van der Waals surface area contributed by atoms with Crippen LogP contribution in [-0.2, 0) is 0 Å². The van der Waals surface area contributed by atoms with E-state index in [0.29, 0.717) is 11.9 Å². The van der Waals surface area contributed by atoms with Crippen LogP contribution in [-0.4, -0.2) is 29.2 Å². The van der Waals surface area contributed by atoms with Gasteiger partial charge in [-0.05, 0) is 19.8 Å². The molecule has 1 aliphatic carbocycles. The number of methoxy groups -OCH3 is 1. The normalized spacial score (nSPS) is 24.4. The molecule has 0 aliphatic heterocycles. The van der Waals surface area contributed by atoms with E-state index in [1.165, 1.54) is 19.2 Å². The number of nitrogens with one attached hydrogen (secondary N) is 1. The second kappa shape index (κ2) is 5.31. The van der Waals surface area contributed by atoms with Gasteiger partial charge in [-0.25, -0.2) is 9.97 Å². The van der Waals surface area contributed by atoms with Crippen LogP contribution >= 0.6 is 0 Å². The van der Waals surface area contributed by atoms with Crippen molar-refractivity contribution in [3.63, 3.8) is 0 Å². The van der Waals surface area contributed by atoms with E-state index in [1.807, 2.05) is 6.92 Å². The Morgan fingerprint density at radius 2 is 2.12 bits per heavy atom. The standard InChI is InChI=1S/C12H20N4O/c1-8-11(14-7-15-12(8)17-2)16-10-6-4-3-5-9(10)13/h7,9-10H,3-6,13H2,1-2H3,(H,14,15,16)/t9-,10-/m1/s1. The fraction of sp³-hybridized carbons (Fsp3) is 0.667. The maximum atomic E-state index is 6.11. The lowest BCUT2D eigenvalue weighted by Gasteiger charge is -2.30. The van der Waals surface area contributed by atoms with E-state index in [9.17, 15) is 0 Å². The highest BCUT2D eigenvalue weighted by molar-refractivity contribution is 5.48. The molecule has 0 spiro atoms. The molecule has 0 aromatic carbocycles. The van der Waals surface area contributed by atoms with Gasteiger partial charge in [-0.2, -0.15) is 0 Å². The lowest BCUT2D eigenvalue weighted by atomic mass is 9.91. The number of nitrogens with two attached hydrogens (primary N) is 1. The average molecular weight is 236 g/mol. The minimum absolute atomic E-state index is 0.212. The Kier molecular flexibility index (Phi) is 3.78. The van der Waals surface area contributed by atoms with Crippen LogP contribution in [0.25, 0.3) is 0 Å². The Balaban J connectivity index is 2.12. The van der Waals surface area contributed by atoms with Gasteiger partial charge in [-0.15, -0.1) is 0 Å². The topological polar surface area (TPSA) is 73.1 Å². The number of anilines is 1. The molecule has 0 amide bonds. The lowest BCUT2D eigenvalue weighted by Crippen LogP contribution is -2.42. The molecule has 1 saturated carbocycles. The van der Waals surface area contributed by atoms with Crippen molar-refractivity contribution in [1.29, 1.82) is 0 Å². The van der Waals surface area contributed by atoms with Gasteiger partial charge in [-0.1, -0.05) is 12.8 Å². The largest absolute Gasteiger partial charge is 0.481 e. The molecule has 3 N–H and O–H groups in total. The average Bonchev–Trinajstić information content (AvgIpc) is 2.34. The molecule has 5 heteroatoms. The van der Waals surface area contributed by atoms with Crippen molar-refractivity contribution < 1.29 is 4.74 Å². The molecule has 1 fully saturated rings. The number of hydrogen-bond donors (Lipinski definition) is 2. The molecule has 1 aliphatic rings. The van der Waals surface area contributed by atoms with Gasteiger partial charge >= 0.3 is 0 Å². The van der Waals surface area contributed by atoms with Crippen molar-refractivity contribution in [2.24, 2.45) is 5.73 Å². The maximum Gasteiger partial charge on any atom is 0.221 e. The predicted octanol–water partition coefficient (Wildman–Crippen LogP) is 1.48. The molecule has 5 nitrogen and oxygen atoms in total. The van der Waals surface area contributed by atoms with Crippen LogP contribution < -0.4 is 15.8 Å². The van der Waals surface area contributed by atoms with Gasteiger partial charge in [-0.3, -0.25) is 0 Å². The molecule has 0 radical (unpaired) electrons. The zero-order chi connectivity index (χ0) is 12.3. The number of nitrogens with zero attached hydrogens (tertiary/aromatic N) is 2. The first-order chi connectivity index (χ1) is 8.22. The van der Waals surface area contributed by atoms with E-state index in [2.05, 4.69) is 15.3 Å². The second-order valence-electron chi connectivity index (χ2n) is 4.56. The maximum absolute atomic E-state index is 6.11. The summed E-state index contributed by atoms with van der Waals surface area (Å²) in [6.07, 6.45) is 6.16. The fourth-order valence-corrected chi connectivity index (χ4v) is 2.30. The molecule has 0 bridgehead atoms. The van der Waals surface area contributed by atoms with Gasteiger partial charge in [0, 0.05) is 12.1 Å². The van der Waals surface area contributed by atoms with Gasteiger partial charge < -0.3 is 15.8 Å². The van der Waals surface area contributed by atoms with Crippen LogP contribution in [0.3, 0.4) is 0 Å². The monoisotopic (exact) mass is 236 g/mol.